The minimum absolute atomic E-state index is 0.0121. The Morgan fingerprint density at radius 3 is 2.70 bits per heavy atom. The summed E-state index contributed by atoms with van der Waals surface area (Å²) in [5.41, 5.74) is 4.03. The number of carbonyl (C=O) groups excluding carboxylic acids is 1. The fourth-order valence-electron chi connectivity index (χ4n) is 2.91. The summed E-state index contributed by atoms with van der Waals surface area (Å²) in [6.07, 6.45) is 3.56. The fourth-order valence-corrected chi connectivity index (χ4v) is 3.17. The topological polar surface area (TPSA) is 38.3 Å². The van der Waals surface area contributed by atoms with Crippen LogP contribution in [-0.4, -0.2) is 12.5 Å². The molecule has 2 aromatic carbocycles. The molecule has 0 aromatic heterocycles. The Balaban J connectivity index is 1.54. The van der Waals surface area contributed by atoms with Gasteiger partial charge in [-0.15, -0.1) is 0 Å². The molecule has 0 aliphatic heterocycles. The number of nitrogens with one attached hydrogen (secondary N) is 1. The summed E-state index contributed by atoms with van der Waals surface area (Å²) < 4.78 is 6.49. The molecule has 120 valence electrons. The average Bonchev–Trinajstić information content (AvgIpc) is 3.02. The largest absolute Gasteiger partial charge is 0.484 e. The zero-order chi connectivity index (χ0) is 16.2. The lowest BCUT2D eigenvalue weighted by molar-refractivity contribution is -0.123. The van der Waals surface area contributed by atoms with E-state index in [1.165, 1.54) is 24.0 Å². The van der Waals surface area contributed by atoms with Crippen molar-refractivity contribution < 1.29 is 9.53 Å². The van der Waals surface area contributed by atoms with E-state index in [2.05, 4.69) is 39.4 Å². The second-order valence-electron chi connectivity index (χ2n) is 5.91. The molecule has 1 N–H and O–H groups in total. The standard InChI is InChI=1S/C19H20BrNO2/c1-13(15-6-5-14-3-2-4-16(14)11-15)21-19(22)12-23-18-9-7-17(20)8-10-18/h5-11,13H,2-4,12H2,1H3,(H,21,22)/t13-/m1/s1. The van der Waals surface area contributed by atoms with E-state index in [1.807, 2.05) is 31.2 Å². The van der Waals surface area contributed by atoms with Gasteiger partial charge in [-0.25, -0.2) is 0 Å². The molecule has 4 heteroatoms. The maximum Gasteiger partial charge on any atom is 0.258 e. The Morgan fingerprint density at radius 2 is 1.91 bits per heavy atom. The third-order valence-corrected chi connectivity index (χ3v) is 4.71. The molecular weight excluding hydrogens is 354 g/mol. The minimum atomic E-state index is -0.110. The maximum absolute atomic E-state index is 12.1. The molecule has 1 amide bonds. The van der Waals surface area contributed by atoms with Crippen LogP contribution in [0, 0.1) is 0 Å². The van der Waals surface area contributed by atoms with E-state index in [0.29, 0.717) is 5.75 Å². The smallest absolute Gasteiger partial charge is 0.258 e. The predicted molar refractivity (Wildman–Crippen MR) is 94.7 cm³/mol. The van der Waals surface area contributed by atoms with Gasteiger partial charge in [0.1, 0.15) is 5.75 Å². The lowest BCUT2D eigenvalue weighted by Crippen LogP contribution is -2.31. The quantitative estimate of drug-likeness (QED) is 0.852. The van der Waals surface area contributed by atoms with Crippen LogP contribution in [0.1, 0.15) is 36.1 Å². The lowest BCUT2D eigenvalue weighted by atomic mass is 10.0. The van der Waals surface area contributed by atoms with Gasteiger partial charge in [0.25, 0.3) is 5.91 Å². The SMILES string of the molecule is C[C@@H](NC(=O)COc1ccc(Br)cc1)c1ccc2c(c1)CCC2. The third-order valence-electron chi connectivity index (χ3n) is 4.18. The van der Waals surface area contributed by atoms with Gasteiger partial charge in [-0.1, -0.05) is 34.1 Å². The molecule has 0 fully saturated rings. The highest BCUT2D eigenvalue weighted by atomic mass is 79.9. The van der Waals surface area contributed by atoms with Crippen molar-refractivity contribution in [2.75, 3.05) is 6.61 Å². The number of benzene rings is 2. The first-order chi connectivity index (χ1) is 11.1. The molecule has 0 radical (unpaired) electrons. The highest BCUT2D eigenvalue weighted by Crippen LogP contribution is 2.25. The van der Waals surface area contributed by atoms with Crippen molar-refractivity contribution in [1.29, 1.82) is 0 Å². The highest BCUT2D eigenvalue weighted by Gasteiger charge is 2.15. The van der Waals surface area contributed by atoms with E-state index >= 15 is 0 Å². The number of carbonyl (C=O) groups is 1. The molecule has 0 saturated carbocycles. The predicted octanol–water partition coefficient (Wildman–Crippen LogP) is 4.19. The Hall–Kier alpha value is -1.81. The second-order valence-corrected chi connectivity index (χ2v) is 6.83. The first-order valence-electron chi connectivity index (χ1n) is 7.91. The van der Waals surface area contributed by atoms with Crippen molar-refractivity contribution in [3.05, 3.63) is 63.6 Å². The number of aryl methyl sites for hydroxylation is 2. The van der Waals surface area contributed by atoms with E-state index in [0.717, 1.165) is 16.5 Å². The molecule has 1 atom stereocenters. The van der Waals surface area contributed by atoms with Crippen LogP contribution in [0.15, 0.2) is 46.9 Å². The van der Waals surface area contributed by atoms with Gasteiger partial charge in [0.05, 0.1) is 6.04 Å². The summed E-state index contributed by atoms with van der Waals surface area (Å²) in [5.74, 6) is 0.578. The number of fused-ring (bicyclic) bond motifs is 1. The molecule has 0 spiro atoms. The Morgan fingerprint density at radius 1 is 1.17 bits per heavy atom. The van der Waals surface area contributed by atoms with E-state index in [1.54, 1.807) is 0 Å². The van der Waals surface area contributed by atoms with Gasteiger partial charge in [0.15, 0.2) is 6.61 Å². The molecule has 23 heavy (non-hydrogen) atoms. The van der Waals surface area contributed by atoms with E-state index in [4.69, 9.17) is 4.74 Å². The molecule has 0 saturated heterocycles. The summed E-state index contributed by atoms with van der Waals surface area (Å²) in [4.78, 5) is 12.1. The van der Waals surface area contributed by atoms with Crippen molar-refractivity contribution >= 4 is 21.8 Å². The molecule has 3 rings (SSSR count). The number of amides is 1. The van der Waals surface area contributed by atoms with Crippen LogP contribution in [0.25, 0.3) is 0 Å². The Labute approximate surface area is 145 Å². The summed E-state index contributed by atoms with van der Waals surface area (Å²) in [6.45, 7) is 2.03. The molecule has 0 unspecified atom stereocenters. The first kappa shape index (κ1) is 16.1. The molecule has 1 aliphatic carbocycles. The minimum Gasteiger partial charge on any atom is -0.484 e. The number of hydrogen-bond donors (Lipinski definition) is 1. The molecule has 0 bridgehead atoms. The second kappa shape index (κ2) is 7.18. The molecule has 1 aliphatic rings. The normalized spacial score (nSPS) is 14.2. The first-order valence-corrected chi connectivity index (χ1v) is 8.70. The van der Waals surface area contributed by atoms with E-state index < -0.39 is 0 Å². The monoisotopic (exact) mass is 373 g/mol. The lowest BCUT2D eigenvalue weighted by Gasteiger charge is -2.16. The molecule has 2 aromatic rings. The zero-order valence-corrected chi connectivity index (χ0v) is 14.7. The third kappa shape index (κ3) is 4.14. The van der Waals surface area contributed by atoms with Crippen molar-refractivity contribution in [1.82, 2.24) is 5.32 Å². The van der Waals surface area contributed by atoms with Crippen LogP contribution >= 0.6 is 15.9 Å². The van der Waals surface area contributed by atoms with Crippen molar-refractivity contribution in [3.8, 4) is 5.75 Å². The summed E-state index contributed by atoms with van der Waals surface area (Å²) in [5, 5.41) is 3.00. The van der Waals surface area contributed by atoms with Gasteiger partial charge in [0.2, 0.25) is 0 Å². The van der Waals surface area contributed by atoms with Crippen LogP contribution in [0.3, 0.4) is 0 Å². The van der Waals surface area contributed by atoms with Crippen LogP contribution in [0.2, 0.25) is 0 Å². The number of halogens is 1. The number of rotatable bonds is 5. The van der Waals surface area contributed by atoms with E-state index in [-0.39, 0.29) is 18.6 Å². The Kier molecular flexibility index (Phi) is 5.01. The summed E-state index contributed by atoms with van der Waals surface area (Å²) >= 11 is 3.37. The number of hydrogen-bond acceptors (Lipinski definition) is 2. The van der Waals surface area contributed by atoms with Crippen LogP contribution in [0.4, 0.5) is 0 Å². The summed E-state index contributed by atoms with van der Waals surface area (Å²) in [6, 6.07) is 14.0. The maximum atomic E-state index is 12.1. The van der Waals surface area contributed by atoms with Crippen molar-refractivity contribution in [2.45, 2.75) is 32.2 Å². The van der Waals surface area contributed by atoms with Crippen molar-refractivity contribution in [2.24, 2.45) is 0 Å². The average molecular weight is 374 g/mol. The molecular formula is C19H20BrNO2. The van der Waals surface area contributed by atoms with Crippen molar-refractivity contribution in [3.63, 3.8) is 0 Å². The van der Waals surface area contributed by atoms with Crippen LogP contribution < -0.4 is 10.1 Å². The van der Waals surface area contributed by atoms with Crippen LogP contribution in [-0.2, 0) is 17.6 Å². The van der Waals surface area contributed by atoms with E-state index in [9.17, 15) is 4.79 Å². The fraction of sp³-hybridized carbons (Fsp3) is 0.316. The van der Waals surface area contributed by atoms with Gasteiger partial charge < -0.3 is 10.1 Å². The molecule has 0 heterocycles. The Bertz CT molecular complexity index is 697. The van der Waals surface area contributed by atoms with Gasteiger partial charge in [-0.05, 0) is 67.1 Å². The van der Waals surface area contributed by atoms with Crippen LogP contribution in [0.5, 0.6) is 5.75 Å². The molecule has 3 nitrogen and oxygen atoms in total. The van der Waals surface area contributed by atoms with Gasteiger partial charge >= 0.3 is 0 Å². The zero-order valence-electron chi connectivity index (χ0n) is 13.1. The van der Waals surface area contributed by atoms with Gasteiger partial charge in [0, 0.05) is 4.47 Å². The number of ether oxygens (including phenoxy) is 1. The summed E-state index contributed by atoms with van der Waals surface area (Å²) in [7, 11) is 0. The highest BCUT2D eigenvalue weighted by molar-refractivity contribution is 9.10. The van der Waals surface area contributed by atoms with Gasteiger partial charge in [-0.2, -0.15) is 0 Å². The van der Waals surface area contributed by atoms with Gasteiger partial charge in [-0.3, -0.25) is 4.79 Å².